The van der Waals surface area contributed by atoms with Crippen LogP contribution in [0.3, 0.4) is 0 Å². The average molecular weight is 353 g/mol. The summed E-state index contributed by atoms with van der Waals surface area (Å²) in [5.74, 6) is 0.581. The second-order valence-corrected chi connectivity index (χ2v) is 5.95. The Labute approximate surface area is 146 Å². The number of aliphatic hydroxyl groups is 2. The molecule has 2 heterocycles. The van der Waals surface area contributed by atoms with Crippen molar-refractivity contribution in [3.63, 3.8) is 0 Å². The van der Waals surface area contributed by atoms with Crippen molar-refractivity contribution in [1.82, 2.24) is 9.55 Å². The number of rotatable bonds is 9. The van der Waals surface area contributed by atoms with Gasteiger partial charge in [-0.2, -0.15) is 4.98 Å². The minimum absolute atomic E-state index is 0.0908. The molecule has 0 aliphatic carbocycles. The fourth-order valence-corrected chi connectivity index (χ4v) is 2.53. The van der Waals surface area contributed by atoms with Gasteiger partial charge in [0.05, 0.1) is 19.9 Å². The monoisotopic (exact) mass is 353 g/mol. The van der Waals surface area contributed by atoms with Gasteiger partial charge in [-0.3, -0.25) is 9.36 Å². The Morgan fingerprint density at radius 3 is 2.68 bits per heavy atom. The Balaban J connectivity index is 2.24. The minimum atomic E-state index is -0.675. The number of nitrogen functional groups attached to an aromatic ring is 1. The molecule has 0 spiro atoms. The van der Waals surface area contributed by atoms with Gasteiger partial charge in [0.2, 0.25) is 5.95 Å². The number of aliphatic hydroxyl groups excluding tert-OH is 2. The Morgan fingerprint density at radius 2 is 2.04 bits per heavy atom. The van der Waals surface area contributed by atoms with Crippen LogP contribution in [0.4, 0.5) is 17.5 Å². The predicted molar refractivity (Wildman–Crippen MR) is 96.5 cm³/mol. The predicted octanol–water partition coefficient (Wildman–Crippen LogP) is -0.370. The molecule has 0 fully saturated rings. The van der Waals surface area contributed by atoms with E-state index in [1.165, 1.54) is 4.57 Å². The van der Waals surface area contributed by atoms with Crippen molar-refractivity contribution in [3.8, 4) is 0 Å². The van der Waals surface area contributed by atoms with E-state index in [9.17, 15) is 4.79 Å². The molecule has 25 heavy (non-hydrogen) atoms. The van der Waals surface area contributed by atoms with Crippen molar-refractivity contribution < 1.29 is 14.9 Å². The lowest BCUT2D eigenvalue weighted by Gasteiger charge is -2.22. The number of nitrogens with zero attached hydrogens (tertiary/aromatic N) is 4. The maximum atomic E-state index is 12.6. The Morgan fingerprint density at radius 1 is 1.32 bits per heavy atom. The second kappa shape index (κ2) is 8.84. The van der Waals surface area contributed by atoms with Crippen molar-refractivity contribution >= 4 is 17.5 Å². The van der Waals surface area contributed by atoms with Crippen molar-refractivity contribution in [2.75, 3.05) is 48.7 Å². The molecular weight excluding hydrogens is 326 g/mol. The molecule has 0 saturated heterocycles. The first kappa shape index (κ1) is 19.2. The first-order valence-electron chi connectivity index (χ1n) is 8.38. The molecule has 0 amide bonds. The molecule has 0 bridgehead atoms. The van der Waals surface area contributed by atoms with Crippen LogP contribution >= 0.6 is 0 Å². The summed E-state index contributed by atoms with van der Waals surface area (Å²) in [5.41, 5.74) is 6.09. The van der Waals surface area contributed by atoms with Crippen LogP contribution < -0.4 is 21.1 Å². The van der Waals surface area contributed by atoms with Crippen molar-refractivity contribution in [1.29, 1.82) is 0 Å². The maximum Gasteiger partial charge on any atom is 0.280 e. The van der Waals surface area contributed by atoms with E-state index in [2.05, 4.69) is 18.0 Å². The Bertz CT molecular complexity index is 657. The molecule has 9 heteroatoms. The van der Waals surface area contributed by atoms with Gasteiger partial charge in [0.1, 0.15) is 18.5 Å². The Hall–Kier alpha value is -2.10. The van der Waals surface area contributed by atoms with Crippen LogP contribution in [0.2, 0.25) is 0 Å². The summed E-state index contributed by atoms with van der Waals surface area (Å²) in [7, 11) is 1.59. The Kier molecular flexibility index (Phi) is 6.80. The highest BCUT2D eigenvalue weighted by Gasteiger charge is 2.31. The quantitative estimate of drug-likeness (QED) is 0.515. The van der Waals surface area contributed by atoms with E-state index >= 15 is 0 Å². The van der Waals surface area contributed by atoms with Crippen molar-refractivity contribution in [2.24, 2.45) is 7.05 Å². The first-order valence-corrected chi connectivity index (χ1v) is 8.38. The second-order valence-electron chi connectivity index (χ2n) is 5.95. The molecular formula is C16H27N5O4. The van der Waals surface area contributed by atoms with Crippen molar-refractivity contribution in [3.05, 3.63) is 22.5 Å². The molecule has 0 unspecified atom stereocenters. The standard InChI is InChI=1S/C16H27N5O4/c1-3-4-5-6-7-20-10-21(11-25-12(8-22)9-23)14-13(20)15(24)19(2)16(17)18-14/h5-6,12,22-23H,3-4,7-11H2,1-2H3,(H2,17,18). The fraction of sp³-hybridized carbons (Fsp3) is 0.625. The number of ether oxygens (including phenoxy) is 1. The van der Waals surface area contributed by atoms with Gasteiger partial charge in [0.25, 0.3) is 5.56 Å². The molecule has 0 radical (unpaired) electrons. The van der Waals surface area contributed by atoms with E-state index in [0.29, 0.717) is 24.7 Å². The van der Waals surface area contributed by atoms with Gasteiger partial charge >= 0.3 is 0 Å². The normalized spacial score (nSPS) is 14.1. The topological polar surface area (TPSA) is 117 Å². The van der Waals surface area contributed by atoms with Crippen LogP contribution in [0.15, 0.2) is 16.9 Å². The third-order valence-electron chi connectivity index (χ3n) is 4.06. The lowest BCUT2D eigenvalue weighted by molar-refractivity contribution is -0.0188. The summed E-state index contributed by atoms with van der Waals surface area (Å²) in [6.07, 6.45) is 5.49. The maximum absolute atomic E-state index is 12.6. The van der Waals surface area contributed by atoms with Gasteiger partial charge in [-0.25, -0.2) is 0 Å². The number of aromatic nitrogens is 2. The molecule has 9 nitrogen and oxygen atoms in total. The van der Waals surface area contributed by atoms with E-state index in [0.717, 1.165) is 12.8 Å². The molecule has 1 aromatic heterocycles. The van der Waals surface area contributed by atoms with Crippen LogP contribution in [-0.4, -0.2) is 59.0 Å². The fourth-order valence-electron chi connectivity index (χ4n) is 2.53. The molecule has 1 aliphatic heterocycles. The zero-order chi connectivity index (χ0) is 18.4. The summed E-state index contributed by atoms with van der Waals surface area (Å²) in [6.45, 7) is 2.62. The number of hydrogen-bond acceptors (Lipinski definition) is 8. The summed E-state index contributed by atoms with van der Waals surface area (Å²) in [6, 6.07) is 0. The first-order chi connectivity index (χ1) is 12.0. The van der Waals surface area contributed by atoms with Crippen LogP contribution in [0.25, 0.3) is 0 Å². The largest absolute Gasteiger partial charge is 0.394 e. The zero-order valence-electron chi connectivity index (χ0n) is 14.8. The zero-order valence-corrected chi connectivity index (χ0v) is 14.8. The van der Waals surface area contributed by atoms with Crippen LogP contribution in [0.5, 0.6) is 0 Å². The number of nitrogens with two attached hydrogens (primary N) is 1. The highest BCUT2D eigenvalue weighted by molar-refractivity contribution is 5.72. The molecule has 140 valence electrons. The molecule has 2 rings (SSSR count). The van der Waals surface area contributed by atoms with Crippen LogP contribution in [-0.2, 0) is 11.8 Å². The number of unbranched alkanes of at least 4 members (excludes halogenated alkanes) is 1. The number of hydrogen-bond donors (Lipinski definition) is 3. The third kappa shape index (κ3) is 4.30. The summed E-state index contributed by atoms with van der Waals surface area (Å²) < 4.78 is 6.79. The van der Waals surface area contributed by atoms with E-state index in [-0.39, 0.29) is 31.5 Å². The number of allylic oxidation sites excluding steroid dienone is 1. The molecule has 0 aromatic carbocycles. The molecule has 1 aromatic rings. The van der Waals surface area contributed by atoms with Crippen molar-refractivity contribution in [2.45, 2.75) is 25.9 Å². The third-order valence-corrected chi connectivity index (χ3v) is 4.06. The van der Waals surface area contributed by atoms with Gasteiger partial charge in [-0.15, -0.1) is 0 Å². The average Bonchev–Trinajstić information content (AvgIpc) is 2.95. The molecule has 1 aliphatic rings. The van der Waals surface area contributed by atoms with E-state index in [1.54, 1.807) is 11.9 Å². The highest BCUT2D eigenvalue weighted by Crippen LogP contribution is 2.31. The smallest absolute Gasteiger partial charge is 0.280 e. The van der Waals surface area contributed by atoms with E-state index < -0.39 is 6.10 Å². The summed E-state index contributed by atoms with van der Waals surface area (Å²) in [5, 5.41) is 18.3. The molecule has 0 atom stereocenters. The van der Waals surface area contributed by atoms with Gasteiger partial charge in [-0.1, -0.05) is 25.5 Å². The lowest BCUT2D eigenvalue weighted by Crippen LogP contribution is -2.36. The highest BCUT2D eigenvalue weighted by atomic mass is 16.5. The van der Waals surface area contributed by atoms with E-state index in [4.69, 9.17) is 20.7 Å². The minimum Gasteiger partial charge on any atom is -0.394 e. The summed E-state index contributed by atoms with van der Waals surface area (Å²) >= 11 is 0. The SMILES string of the molecule is CCCC=CCN1CN(COC(CO)CO)c2nc(N)n(C)c(=O)c21. The van der Waals surface area contributed by atoms with Gasteiger partial charge in [0.15, 0.2) is 5.82 Å². The number of fused-ring (bicyclic) bond motifs is 1. The number of anilines is 3. The van der Waals surface area contributed by atoms with Gasteiger partial charge in [0, 0.05) is 13.6 Å². The van der Waals surface area contributed by atoms with Gasteiger partial charge in [-0.05, 0) is 6.42 Å². The van der Waals surface area contributed by atoms with Crippen LogP contribution in [0.1, 0.15) is 19.8 Å². The van der Waals surface area contributed by atoms with Gasteiger partial charge < -0.3 is 30.5 Å². The van der Waals surface area contributed by atoms with Crippen LogP contribution in [0, 0.1) is 0 Å². The summed E-state index contributed by atoms with van der Waals surface area (Å²) in [4.78, 5) is 20.6. The molecule has 4 N–H and O–H groups in total. The van der Waals surface area contributed by atoms with E-state index in [1.807, 2.05) is 11.0 Å². The lowest BCUT2D eigenvalue weighted by atomic mass is 10.3. The molecule has 0 saturated carbocycles.